The van der Waals surface area contributed by atoms with Gasteiger partial charge in [-0.05, 0) is 70.2 Å². The minimum absolute atomic E-state index is 0.0843. The summed E-state index contributed by atoms with van der Waals surface area (Å²) in [6.07, 6.45) is -4.80. The molecule has 2 heterocycles. The molecule has 2 saturated heterocycles. The first-order chi connectivity index (χ1) is 27.4. The molecule has 16 atom stereocenters. The van der Waals surface area contributed by atoms with Crippen molar-refractivity contribution in [3.63, 3.8) is 0 Å². The molecule has 5 N–H and O–H groups in total. The third kappa shape index (κ3) is 8.53. The number of ketones is 3. The molecule has 0 bridgehead atoms. The number of aliphatic hydroxyl groups excluding tert-OH is 4. The highest BCUT2D eigenvalue weighted by Gasteiger charge is 2.61. The van der Waals surface area contributed by atoms with E-state index in [1.54, 1.807) is 19.9 Å². The second-order valence-corrected chi connectivity index (χ2v) is 17.0. The van der Waals surface area contributed by atoms with Crippen LogP contribution in [0.1, 0.15) is 78.2 Å². The molecule has 5 aliphatic rings. The molecule has 1 aromatic rings. The van der Waals surface area contributed by atoms with Crippen LogP contribution in [0.25, 0.3) is 6.08 Å². The van der Waals surface area contributed by atoms with Crippen LogP contribution < -0.4 is 0 Å². The van der Waals surface area contributed by atoms with Crippen LogP contribution in [-0.4, -0.2) is 136 Å². The highest BCUT2D eigenvalue weighted by Crippen LogP contribution is 2.56. The number of esters is 1. The van der Waals surface area contributed by atoms with Gasteiger partial charge in [0.25, 0.3) is 0 Å². The zero-order valence-corrected chi connectivity index (χ0v) is 33.7. The molecule has 58 heavy (non-hydrogen) atoms. The molecule has 0 spiro atoms. The van der Waals surface area contributed by atoms with Crippen molar-refractivity contribution in [3.05, 3.63) is 54.1 Å². The van der Waals surface area contributed by atoms with E-state index in [9.17, 15) is 44.7 Å². The van der Waals surface area contributed by atoms with E-state index in [2.05, 4.69) is 0 Å². The van der Waals surface area contributed by atoms with Gasteiger partial charge in [-0.3, -0.25) is 14.4 Å². The fourth-order valence-electron chi connectivity index (χ4n) is 9.91. The Balaban J connectivity index is 1.16. The van der Waals surface area contributed by atoms with Crippen LogP contribution in [0, 0.1) is 22.7 Å². The van der Waals surface area contributed by atoms with Crippen molar-refractivity contribution in [2.24, 2.45) is 22.7 Å². The van der Waals surface area contributed by atoms with Gasteiger partial charge in [-0.25, -0.2) is 4.79 Å². The smallest absolute Gasteiger partial charge is 0.331 e. The molecule has 1 aromatic carbocycles. The van der Waals surface area contributed by atoms with Gasteiger partial charge in [-0.15, -0.1) is 0 Å². The monoisotopic (exact) mass is 814 g/mol. The number of benzene rings is 1. The van der Waals surface area contributed by atoms with Crippen molar-refractivity contribution in [2.75, 3.05) is 13.7 Å². The highest BCUT2D eigenvalue weighted by atomic mass is 16.7. The number of aliphatic hydroxyl groups is 5. The maximum atomic E-state index is 13.9. The summed E-state index contributed by atoms with van der Waals surface area (Å²) in [5.41, 5.74) is -3.23. The number of allylic oxidation sites excluding steroid dienone is 1. The fraction of sp³-hybridized carbons (Fsp3) is 0.674. The second-order valence-electron chi connectivity index (χ2n) is 17.0. The molecule has 0 amide bonds. The molecular formula is C43H58O15. The summed E-state index contributed by atoms with van der Waals surface area (Å²) in [7, 11) is 1.48. The van der Waals surface area contributed by atoms with Crippen LogP contribution in [0.15, 0.2) is 48.6 Å². The van der Waals surface area contributed by atoms with Crippen molar-refractivity contribution in [3.8, 4) is 0 Å². The van der Waals surface area contributed by atoms with E-state index in [0.29, 0.717) is 19.3 Å². The van der Waals surface area contributed by atoms with E-state index in [1.807, 2.05) is 37.3 Å². The fourth-order valence-corrected chi connectivity index (χ4v) is 9.91. The third-order valence-electron chi connectivity index (χ3n) is 13.6. The molecule has 320 valence electrons. The van der Waals surface area contributed by atoms with Gasteiger partial charge in [0.2, 0.25) is 0 Å². The number of carbonyl (C=O) groups excluding carboxylic acids is 4. The summed E-state index contributed by atoms with van der Waals surface area (Å²) in [6, 6.07) is 9.14. The average Bonchev–Trinajstić information content (AvgIpc) is 3.51. The quantitative estimate of drug-likeness (QED) is 0.142. The summed E-state index contributed by atoms with van der Waals surface area (Å²) in [4.78, 5) is 53.8. The lowest BCUT2D eigenvalue weighted by atomic mass is 9.52. The number of methoxy groups -OCH3 is 1. The first-order valence-electron chi connectivity index (χ1n) is 20.2. The molecule has 2 aliphatic heterocycles. The summed E-state index contributed by atoms with van der Waals surface area (Å²) in [6.45, 7) is 6.00. The number of hydrogen-bond donors (Lipinski definition) is 5. The molecule has 15 nitrogen and oxygen atoms in total. The Bertz CT molecular complexity index is 1710. The zero-order chi connectivity index (χ0) is 42.2. The first kappa shape index (κ1) is 44.3. The van der Waals surface area contributed by atoms with Gasteiger partial charge in [0.05, 0.1) is 35.9 Å². The van der Waals surface area contributed by atoms with Gasteiger partial charge < -0.3 is 54.0 Å². The third-order valence-corrected chi connectivity index (χ3v) is 13.6. The van der Waals surface area contributed by atoms with Crippen LogP contribution >= 0.6 is 0 Å². The topological polar surface area (TPSA) is 225 Å². The average molecular weight is 815 g/mol. The van der Waals surface area contributed by atoms with E-state index in [0.717, 1.165) is 5.56 Å². The molecule has 3 aliphatic carbocycles. The molecular weight excluding hydrogens is 756 g/mol. The molecule has 0 unspecified atom stereocenters. The predicted octanol–water partition coefficient (Wildman–Crippen LogP) is 1.97. The van der Waals surface area contributed by atoms with Crippen LogP contribution in [0.4, 0.5) is 0 Å². The van der Waals surface area contributed by atoms with E-state index < -0.39 is 108 Å². The van der Waals surface area contributed by atoms with Gasteiger partial charge >= 0.3 is 5.97 Å². The number of rotatable bonds is 13. The minimum Gasteiger partial charge on any atom is -0.458 e. The molecule has 0 radical (unpaired) electrons. The number of hydrogen-bond acceptors (Lipinski definition) is 15. The predicted molar refractivity (Wildman–Crippen MR) is 204 cm³/mol. The van der Waals surface area contributed by atoms with Crippen molar-refractivity contribution in [2.45, 2.75) is 146 Å². The lowest BCUT2D eigenvalue weighted by Crippen LogP contribution is -2.62. The van der Waals surface area contributed by atoms with Gasteiger partial charge in [-0.1, -0.05) is 37.3 Å². The van der Waals surface area contributed by atoms with Gasteiger partial charge in [0.1, 0.15) is 48.2 Å². The van der Waals surface area contributed by atoms with Crippen molar-refractivity contribution in [1.29, 1.82) is 0 Å². The summed E-state index contributed by atoms with van der Waals surface area (Å²) >= 11 is 0. The van der Waals surface area contributed by atoms with E-state index >= 15 is 0 Å². The molecule has 2 saturated carbocycles. The molecule has 15 heteroatoms. The van der Waals surface area contributed by atoms with Crippen LogP contribution in [0.3, 0.4) is 0 Å². The van der Waals surface area contributed by atoms with E-state index in [1.165, 1.54) is 32.3 Å². The summed E-state index contributed by atoms with van der Waals surface area (Å²) < 4.78 is 36.0. The second kappa shape index (κ2) is 17.8. The Kier molecular flexibility index (Phi) is 13.6. The van der Waals surface area contributed by atoms with Crippen LogP contribution in [0.2, 0.25) is 0 Å². The summed E-state index contributed by atoms with van der Waals surface area (Å²) in [5.74, 6) is -3.00. The Morgan fingerprint density at radius 2 is 1.74 bits per heavy atom. The number of ether oxygens (including phenoxy) is 6. The van der Waals surface area contributed by atoms with Gasteiger partial charge in [0.15, 0.2) is 18.4 Å². The Morgan fingerprint density at radius 3 is 2.41 bits per heavy atom. The maximum absolute atomic E-state index is 13.9. The maximum Gasteiger partial charge on any atom is 0.331 e. The van der Waals surface area contributed by atoms with Crippen molar-refractivity contribution < 1.29 is 73.1 Å². The first-order valence-corrected chi connectivity index (χ1v) is 20.2. The summed E-state index contributed by atoms with van der Waals surface area (Å²) in [5, 5.41) is 53.0. The standard InChI is InChI=1S/C43H58O15/c1-23(45)27-12-13-32(47)42(27,4)33(57-34(48)14-11-25-9-7-6-8-10-25)19-28-29(46)16-18-43(52)21-26(15-17-41(28,43)3)55-35-20-30(53-5)39(24(2)54-35)58-40-38(51)37(50)36(49)31(22-44)56-40/h6-11,14,16,18,24,26-28,30-31,33,35-40,44,49-52H,12-13,15,17,19-22H2,1-5H3/t24-,26+,27-,28+,30+,31-,33-,35+,36-,37+,38-,39-,40+,41-,42-,43+/m1/s1. The zero-order valence-electron chi connectivity index (χ0n) is 33.7. The Hall–Kier alpha value is -3.22. The van der Waals surface area contributed by atoms with Crippen molar-refractivity contribution in [1.82, 2.24) is 0 Å². The largest absolute Gasteiger partial charge is 0.458 e. The lowest BCUT2D eigenvalue weighted by Gasteiger charge is -2.55. The van der Waals surface area contributed by atoms with Gasteiger partial charge in [-0.2, -0.15) is 0 Å². The number of Topliss-reactive ketones (excluding diaryl/α,β-unsaturated/α-hetero) is 2. The SMILES string of the molecule is CO[C@H]1C[C@H](O[C@H]2CC[C@]3(C)[C@@H](C[C@@H](OC(=O)C=Cc4ccccc4)[C@@]4(C)C(=O)CC[C@@H]4C(C)=O)C(=O)C=C[C@]3(O)C2)O[C@H](C)[C@H]1O[C@@H]1O[C@H](CO)[C@@H](O)[C@H](O)[C@H]1O. The normalized spacial score (nSPS) is 42.3. The lowest BCUT2D eigenvalue weighted by molar-refractivity contribution is -0.346. The van der Waals surface area contributed by atoms with E-state index in [4.69, 9.17) is 28.4 Å². The number of fused-ring (bicyclic) bond motifs is 1. The van der Waals surface area contributed by atoms with Crippen LogP contribution in [0.5, 0.6) is 0 Å². The van der Waals surface area contributed by atoms with Gasteiger partial charge in [0, 0.05) is 49.7 Å². The molecule has 4 fully saturated rings. The Morgan fingerprint density at radius 1 is 1.02 bits per heavy atom. The molecule has 6 rings (SSSR count). The Labute approximate surface area is 338 Å². The highest BCUT2D eigenvalue weighted by molar-refractivity contribution is 5.97. The molecule has 0 aromatic heterocycles. The van der Waals surface area contributed by atoms with E-state index in [-0.39, 0.29) is 43.0 Å². The van der Waals surface area contributed by atoms with Crippen molar-refractivity contribution >= 4 is 29.4 Å². The number of carbonyl (C=O) groups is 4. The van der Waals surface area contributed by atoms with Crippen LogP contribution in [-0.2, 0) is 47.6 Å². The minimum atomic E-state index is -1.62.